The fourth-order valence-corrected chi connectivity index (χ4v) is 2.21. The van der Waals surface area contributed by atoms with Gasteiger partial charge in [0.25, 0.3) is 0 Å². The van der Waals surface area contributed by atoms with Gasteiger partial charge in [-0.2, -0.15) is 5.26 Å². The topological polar surface area (TPSA) is 57.5 Å². The maximum atomic E-state index is 9.08. The summed E-state index contributed by atoms with van der Waals surface area (Å²) in [6.45, 7) is 6.46. The van der Waals surface area contributed by atoms with Gasteiger partial charge in [0.2, 0.25) is 0 Å². The van der Waals surface area contributed by atoms with E-state index < -0.39 is 0 Å². The van der Waals surface area contributed by atoms with Crippen molar-refractivity contribution in [1.29, 1.82) is 5.26 Å². The van der Waals surface area contributed by atoms with Crippen LogP contribution in [0.2, 0.25) is 0 Å². The van der Waals surface area contributed by atoms with Gasteiger partial charge in [0, 0.05) is 39.9 Å². The fraction of sp³-hybridized carbons (Fsp3) is 0.917. The highest BCUT2D eigenvalue weighted by molar-refractivity contribution is 4.96. The van der Waals surface area contributed by atoms with Gasteiger partial charge < -0.3 is 9.47 Å². The van der Waals surface area contributed by atoms with Crippen LogP contribution in [0.1, 0.15) is 13.8 Å². The van der Waals surface area contributed by atoms with Crippen molar-refractivity contribution in [3.8, 4) is 6.07 Å². The molecule has 0 aromatic heterocycles. The van der Waals surface area contributed by atoms with Crippen molar-refractivity contribution in [2.45, 2.75) is 38.1 Å². The van der Waals surface area contributed by atoms with Crippen molar-refractivity contribution in [2.75, 3.05) is 33.9 Å². The third-order valence-electron chi connectivity index (χ3n) is 3.03. The minimum Gasteiger partial charge on any atom is -0.377 e. The molecule has 0 bridgehead atoms. The van der Waals surface area contributed by atoms with E-state index >= 15 is 0 Å². The van der Waals surface area contributed by atoms with Gasteiger partial charge in [0.05, 0.1) is 18.3 Å². The molecule has 0 radical (unpaired) electrons. The molecule has 1 saturated heterocycles. The molecule has 3 atom stereocenters. The molecule has 5 heteroatoms. The van der Waals surface area contributed by atoms with E-state index in [1.54, 1.807) is 14.2 Å². The van der Waals surface area contributed by atoms with Crippen LogP contribution in [0, 0.1) is 11.3 Å². The van der Waals surface area contributed by atoms with Gasteiger partial charge in [-0.3, -0.25) is 10.2 Å². The SMILES string of the molecule is COC1CN(CC(C#N)NC(C)C)CC1OC. The smallest absolute Gasteiger partial charge is 0.108 e. The Balaban J connectivity index is 2.45. The number of likely N-dealkylation sites (tertiary alicyclic amines) is 1. The Morgan fingerprint density at radius 3 is 2.18 bits per heavy atom. The number of methoxy groups -OCH3 is 2. The molecule has 0 spiro atoms. The van der Waals surface area contributed by atoms with Crippen LogP contribution in [0.4, 0.5) is 0 Å². The Kier molecular flexibility index (Phi) is 5.86. The summed E-state index contributed by atoms with van der Waals surface area (Å²) in [7, 11) is 3.41. The van der Waals surface area contributed by atoms with Gasteiger partial charge in [-0.15, -0.1) is 0 Å². The lowest BCUT2D eigenvalue weighted by Gasteiger charge is -2.21. The van der Waals surface area contributed by atoms with Crippen molar-refractivity contribution < 1.29 is 9.47 Å². The predicted molar refractivity (Wildman–Crippen MR) is 65.7 cm³/mol. The second-order valence-corrected chi connectivity index (χ2v) is 4.77. The maximum Gasteiger partial charge on any atom is 0.108 e. The van der Waals surface area contributed by atoms with Crippen molar-refractivity contribution >= 4 is 0 Å². The molecule has 1 heterocycles. The van der Waals surface area contributed by atoms with E-state index in [1.807, 2.05) is 13.8 Å². The summed E-state index contributed by atoms with van der Waals surface area (Å²) in [4.78, 5) is 2.21. The summed E-state index contributed by atoms with van der Waals surface area (Å²) in [5.74, 6) is 0. The largest absolute Gasteiger partial charge is 0.377 e. The molecule has 98 valence electrons. The highest BCUT2D eigenvalue weighted by Crippen LogP contribution is 2.15. The number of nitrogens with zero attached hydrogens (tertiary/aromatic N) is 2. The minimum atomic E-state index is -0.136. The molecule has 5 nitrogen and oxygen atoms in total. The summed E-state index contributed by atoms with van der Waals surface area (Å²) >= 11 is 0. The fourth-order valence-electron chi connectivity index (χ4n) is 2.21. The number of nitrogens with one attached hydrogen (secondary N) is 1. The van der Waals surface area contributed by atoms with Crippen LogP contribution in [0.5, 0.6) is 0 Å². The molecule has 1 aliphatic rings. The Morgan fingerprint density at radius 1 is 1.29 bits per heavy atom. The normalized spacial score (nSPS) is 27.3. The molecule has 0 aromatic rings. The molecule has 0 amide bonds. The lowest BCUT2D eigenvalue weighted by Crippen LogP contribution is -2.42. The molecule has 0 aliphatic carbocycles. The molecule has 0 saturated carbocycles. The van der Waals surface area contributed by atoms with E-state index in [0.717, 1.165) is 13.1 Å². The van der Waals surface area contributed by atoms with Gasteiger partial charge in [-0.25, -0.2) is 0 Å². The minimum absolute atomic E-state index is 0.110. The first-order chi connectivity index (χ1) is 8.10. The second-order valence-electron chi connectivity index (χ2n) is 4.77. The molecule has 1 fully saturated rings. The third kappa shape index (κ3) is 4.25. The van der Waals surface area contributed by atoms with Crippen LogP contribution in [0.3, 0.4) is 0 Å². The first-order valence-electron chi connectivity index (χ1n) is 6.04. The number of nitriles is 1. The molecular formula is C12H23N3O2. The lowest BCUT2D eigenvalue weighted by atomic mass is 10.2. The molecule has 1 rings (SSSR count). The average molecular weight is 241 g/mol. The quantitative estimate of drug-likeness (QED) is 0.721. The van der Waals surface area contributed by atoms with Gasteiger partial charge in [0.1, 0.15) is 6.04 Å². The zero-order valence-electron chi connectivity index (χ0n) is 11.1. The monoisotopic (exact) mass is 241 g/mol. The van der Waals surface area contributed by atoms with Gasteiger partial charge in [0.15, 0.2) is 0 Å². The van der Waals surface area contributed by atoms with Crippen LogP contribution in [0.15, 0.2) is 0 Å². The first-order valence-corrected chi connectivity index (χ1v) is 6.04. The van der Waals surface area contributed by atoms with Crippen molar-refractivity contribution in [3.63, 3.8) is 0 Å². The van der Waals surface area contributed by atoms with Gasteiger partial charge in [-0.05, 0) is 13.8 Å². The van der Waals surface area contributed by atoms with Gasteiger partial charge in [-0.1, -0.05) is 0 Å². The highest BCUT2D eigenvalue weighted by atomic mass is 16.5. The summed E-state index contributed by atoms with van der Waals surface area (Å²) < 4.78 is 10.7. The van der Waals surface area contributed by atoms with Crippen LogP contribution in [-0.4, -0.2) is 63.0 Å². The van der Waals surface area contributed by atoms with Crippen LogP contribution < -0.4 is 5.32 Å². The van der Waals surface area contributed by atoms with E-state index in [1.165, 1.54) is 0 Å². The standard InChI is InChI=1S/C12H23N3O2/c1-9(2)14-10(5-13)6-15-7-11(16-3)12(8-15)17-4/h9-12,14H,6-8H2,1-4H3. The van der Waals surface area contributed by atoms with E-state index in [-0.39, 0.29) is 18.2 Å². The van der Waals surface area contributed by atoms with E-state index in [0.29, 0.717) is 12.6 Å². The van der Waals surface area contributed by atoms with Crippen LogP contribution in [0.25, 0.3) is 0 Å². The van der Waals surface area contributed by atoms with Crippen LogP contribution >= 0.6 is 0 Å². The Bertz CT molecular complexity index is 253. The first kappa shape index (κ1) is 14.4. The van der Waals surface area contributed by atoms with E-state index in [4.69, 9.17) is 14.7 Å². The summed E-state index contributed by atoms with van der Waals surface area (Å²) in [6, 6.07) is 2.47. The maximum absolute atomic E-state index is 9.08. The zero-order valence-corrected chi connectivity index (χ0v) is 11.1. The van der Waals surface area contributed by atoms with Crippen molar-refractivity contribution in [3.05, 3.63) is 0 Å². The molecule has 0 aromatic carbocycles. The number of rotatable bonds is 6. The molecular weight excluding hydrogens is 218 g/mol. The second kappa shape index (κ2) is 6.92. The number of ether oxygens (including phenoxy) is 2. The predicted octanol–water partition coefficient (Wildman–Crippen LogP) is 0.222. The third-order valence-corrected chi connectivity index (χ3v) is 3.03. The summed E-state index contributed by atoms with van der Waals surface area (Å²) in [6.07, 6.45) is 0.219. The van der Waals surface area contributed by atoms with E-state index in [9.17, 15) is 0 Å². The lowest BCUT2D eigenvalue weighted by molar-refractivity contribution is -0.00461. The number of hydrogen-bond acceptors (Lipinski definition) is 5. The van der Waals surface area contributed by atoms with Gasteiger partial charge >= 0.3 is 0 Å². The van der Waals surface area contributed by atoms with E-state index in [2.05, 4.69) is 16.3 Å². The Morgan fingerprint density at radius 2 is 1.82 bits per heavy atom. The Hall–Kier alpha value is -0.670. The van der Waals surface area contributed by atoms with Crippen molar-refractivity contribution in [2.24, 2.45) is 0 Å². The summed E-state index contributed by atoms with van der Waals surface area (Å²) in [5.41, 5.74) is 0. The summed E-state index contributed by atoms with van der Waals surface area (Å²) in [5, 5.41) is 12.3. The average Bonchev–Trinajstić information content (AvgIpc) is 2.69. The molecule has 3 unspecified atom stereocenters. The highest BCUT2D eigenvalue weighted by Gasteiger charge is 2.33. The Labute approximate surface area is 104 Å². The van der Waals surface area contributed by atoms with Crippen LogP contribution in [-0.2, 0) is 9.47 Å². The molecule has 17 heavy (non-hydrogen) atoms. The van der Waals surface area contributed by atoms with Crippen molar-refractivity contribution in [1.82, 2.24) is 10.2 Å². The molecule has 1 aliphatic heterocycles. The number of hydrogen-bond donors (Lipinski definition) is 1. The zero-order chi connectivity index (χ0) is 12.8. The molecule has 1 N–H and O–H groups in total.